The molecule has 0 bridgehead atoms. The number of aryl methyl sites for hydroxylation is 2. The van der Waals surface area contributed by atoms with Gasteiger partial charge in [-0.15, -0.1) is 0 Å². The first-order valence-electron chi connectivity index (χ1n) is 9.79. The predicted molar refractivity (Wildman–Crippen MR) is 109 cm³/mol. The zero-order chi connectivity index (χ0) is 21.0. The summed E-state index contributed by atoms with van der Waals surface area (Å²) < 4.78 is 12.9. The lowest BCUT2D eigenvalue weighted by atomic mass is 10.1. The summed E-state index contributed by atoms with van der Waals surface area (Å²) in [6, 6.07) is 7.41. The molecule has 1 fully saturated rings. The Kier molecular flexibility index (Phi) is 6.43. The van der Waals surface area contributed by atoms with Crippen LogP contribution in [0.2, 0.25) is 0 Å². The molecule has 1 amide bonds. The average Bonchev–Trinajstić information content (AvgIpc) is 3.22. The monoisotopic (exact) mass is 397 g/mol. The second-order valence-electron chi connectivity index (χ2n) is 6.59. The molecule has 0 N–H and O–H groups in total. The van der Waals surface area contributed by atoms with Crippen molar-refractivity contribution in [1.29, 1.82) is 0 Å². The first kappa shape index (κ1) is 20.7. The molecule has 8 heteroatoms. The van der Waals surface area contributed by atoms with E-state index in [1.165, 1.54) is 6.33 Å². The highest BCUT2D eigenvalue weighted by Gasteiger charge is 2.28. The van der Waals surface area contributed by atoms with Crippen molar-refractivity contribution < 1.29 is 14.3 Å². The maximum atomic E-state index is 13.0. The Balaban J connectivity index is 0.00000117. The number of nitrogens with zero attached hydrogens (tertiary/aromatic N) is 5. The molecule has 0 spiro atoms. The van der Waals surface area contributed by atoms with E-state index in [9.17, 15) is 4.79 Å². The number of aromatic nitrogens is 4. The van der Waals surface area contributed by atoms with Gasteiger partial charge in [0.2, 0.25) is 0 Å². The number of fused-ring (bicyclic) bond motifs is 1. The first-order chi connectivity index (χ1) is 14.1. The third-order valence-electron chi connectivity index (χ3n) is 4.73. The number of hydrogen-bond donors (Lipinski definition) is 0. The minimum atomic E-state index is -0.284. The first-order valence-corrected chi connectivity index (χ1v) is 9.79. The van der Waals surface area contributed by atoms with Crippen molar-refractivity contribution in [1.82, 2.24) is 24.5 Å². The van der Waals surface area contributed by atoms with Gasteiger partial charge in [0.15, 0.2) is 0 Å². The Morgan fingerprint density at radius 2 is 2.03 bits per heavy atom. The number of carbonyl (C=O) groups excluding carboxylic acids is 1. The van der Waals surface area contributed by atoms with Gasteiger partial charge >= 0.3 is 0 Å². The van der Waals surface area contributed by atoms with Gasteiger partial charge in [0.25, 0.3) is 11.7 Å². The molecule has 1 aliphatic rings. The highest BCUT2D eigenvalue weighted by Crippen LogP contribution is 2.25. The molecule has 4 rings (SSSR count). The van der Waals surface area contributed by atoms with Crippen molar-refractivity contribution >= 4 is 11.7 Å². The predicted octanol–water partition coefficient (Wildman–Crippen LogP) is 2.99. The Bertz CT molecular complexity index is 1000. The lowest BCUT2D eigenvalue weighted by Crippen LogP contribution is -2.42. The van der Waals surface area contributed by atoms with Gasteiger partial charge in [-0.1, -0.05) is 13.8 Å². The van der Waals surface area contributed by atoms with Gasteiger partial charge in [-0.05, 0) is 43.7 Å². The number of hydrogen-bond acceptors (Lipinski definition) is 6. The molecular weight excluding hydrogens is 370 g/mol. The van der Waals surface area contributed by atoms with E-state index in [4.69, 9.17) is 9.47 Å². The summed E-state index contributed by atoms with van der Waals surface area (Å²) in [7, 11) is 1.62. The van der Waals surface area contributed by atoms with E-state index in [0.29, 0.717) is 31.0 Å². The molecule has 1 atom stereocenters. The summed E-state index contributed by atoms with van der Waals surface area (Å²) in [6.07, 6.45) is 1.19. The van der Waals surface area contributed by atoms with Gasteiger partial charge in [0, 0.05) is 17.8 Å². The molecule has 0 aliphatic carbocycles. The van der Waals surface area contributed by atoms with Gasteiger partial charge in [0.1, 0.15) is 18.2 Å². The van der Waals surface area contributed by atoms with Crippen LogP contribution in [-0.4, -0.2) is 57.2 Å². The quantitative estimate of drug-likeness (QED) is 0.676. The maximum absolute atomic E-state index is 13.0. The van der Waals surface area contributed by atoms with E-state index in [2.05, 4.69) is 15.1 Å². The molecule has 3 heterocycles. The topological polar surface area (TPSA) is 81.8 Å². The molecular formula is C21H27N5O3. The van der Waals surface area contributed by atoms with Crippen LogP contribution in [0.4, 0.5) is 0 Å². The summed E-state index contributed by atoms with van der Waals surface area (Å²) in [5, 5.41) is 4.24. The number of morpholine rings is 1. The molecule has 8 nitrogen and oxygen atoms in total. The third-order valence-corrected chi connectivity index (χ3v) is 4.73. The zero-order valence-electron chi connectivity index (χ0n) is 17.5. The van der Waals surface area contributed by atoms with Gasteiger partial charge < -0.3 is 14.4 Å². The summed E-state index contributed by atoms with van der Waals surface area (Å²) in [4.78, 5) is 23.3. The van der Waals surface area contributed by atoms with Crippen LogP contribution in [0, 0.1) is 13.8 Å². The average molecular weight is 397 g/mol. The number of methoxy groups -OCH3 is 1. The van der Waals surface area contributed by atoms with Gasteiger partial charge in [-0.3, -0.25) is 4.79 Å². The summed E-state index contributed by atoms with van der Waals surface area (Å²) in [6.45, 7) is 9.29. The summed E-state index contributed by atoms with van der Waals surface area (Å²) in [5.74, 6) is 1.28. The molecule has 29 heavy (non-hydrogen) atoms. The summed E-state index contributed by atoms with van der Waals surface area (Å²) in [5.41, 5.74) is 3.26. The van der Waals surface area contributed by atoms with Crippen LogP contribution in [0.25, 0.3) is 5.78 Å². The Labute approximate surface area is 170 Å². The van der Waals surface area contributed by atoms with Crippen molar-refractivity contribution in [2.75, 3.05) is 26.8 Å². The van der Waals surface area contributed by atoms with Gasteiger partial charge in [-0.25, -0.2) is 4.98 Å². The SMILES string of the molecule is CC.COc1ccc(C(=O)N2CCOC(c3cc(C)nc4ncnn34)C2)cc1C. The van der Waals surface area contributed by atoms with Crippen LogP contribution < -0.4 is 4.74 Å². The normalized spacial score (nSPS) is 16.3. The summed E-state index contributed by atoms with van der Waals surface area (Å²) >= 11 is 0. The van der Waals surface area contributed by atoms with E-state index < -0.39 is 0 Å². The van der Waals surface area contributed by atoms with Crippen LogP contribution in [-0.2, 0) is 4.74 Å². The number of carbonyl (C=O) groups is 1. The number of rotatable bonds is 3. The highest BCUT2D eigenvalue weighted by molar-refractivity contribution is 5.94. The Hall–Kier alpha value is -3.00. The lowest BCUT2D eigenvalue weighted by Gasteiger charge is -2.33. The fourth-order valence-electron chi connectivity index (χ4n) is 3.40. The Morgan fingerprint density at radius 3 is 2.76 bits per heavy atom. The minimum Gasteiger partial charge on any atom is -0.496 e. The number of benzene rings is 1. The van der Waals surface area contributed by atoms with Crippen molar-refractivity contribution in [3.8, 4) is 5.75 Å². The van der Waals surface area contributed by atoms with E-state index >= 15 is 0 Å². The molecule has 3 aromatic rings. The van der Waals surface area contributed by atoms with Crippen molar-refractivity contribution in [2.24, 2.45) is 0 Å². The van der Waals surface area contributed by atoms with E-state index in [0.717, 1.165) is 22.7 Å². The number of ether oxygens (including phenoxy) is 2. The van der Waals surface area contributed by atoms with Crippen LogP contribution in [0.1, 0.15) is 47.3 Å². The highest BCUT2D eigenvalue weighted by atomic mass is 16.5. The largest absolute Gasteiger partial charge is 0.496 e. The van der Waals surface area contributed by atoms with Gasteiger partial charge in [-0.2, -0.15) is 14.6 Å². The fraction of sp³-hybridized carbons (Fsp3) is 0.429. The van der Waals surface area contributed by atoms with E-state index in [1.54, 1.807) is 17.7 Å². The standard InChI is InChI=1S/C19H21N5O3.C2H6/c1-12-8-14(4-5-16(12)26-3)18(25)23-6-7-27-17(10-23)15-9-13(2)22-19-20-11-21-24(15)19;1-2/h4-5,8-9,11,17H,6-7,10H2,1-3H3;1-2H3. The lowest BCUT2D eigenvalue weighted by molar-refractivity contribution is -0.0257. The van der Waals surface area contributed by atoms with Crippen molar-refractivity contribution in [2.45, 2.75) is 33.8 Å². The molecule has 0 radical (unpaired) electrons. The molecule has 0 saturated carbocycles. The van der Waals surface area contributed by atoms with Crippen molar-refractivity contribution in [3.63, 3.8) is 0 Å². The molecule has 1 aromatic carbocycles. The van der Waals surface area contributed by atoms with Crippen LogP contribution in [0.15, 0.2) is 30.6 Å². The minimum absolute atomic E-state index is 0.0188. The van der Waals surface area contributed by atoms with E-state index in [1.807, 2.05) is 50.8 Å². The second kappa shape index (κ2) is 9.00. The number of amides is 1. The Morgan fingerprint density at radius 1 is 1.24 bits per heavy atom. The van der Waals surface area contributed by atoms with E-state index in [-0.39, 0.29) is 12.0 Å². The van der Waals surface area contributed by atoms with Crippen LogP contribution in [0.3, 0.4) is 0 Å². The molecule has 1 saturated heterocycles. The third kappa shape index (κ3) is 4.22. The second-order valence-corrected chi connectivity index (χ2v) is 6.59. The smallest absolute Gasteiger partial charge is 0.254 e. The van der Waals surface area contributed by atoms with Gasteiger partial charge in [0.05, 0.1) is 26.0 Å². The van der Waals surface area contributed by atoms with Crippen molar-refractivity contribution in [3.05, 3.63) is 53.1 Å². The zero-order valence-corrected chi connectivity index (χ0v) is 17.5. The molecule has 1 unspecified atom stereocenters. The molecule has 154 valence electrons. The maximum Gasteiger partial charge on any atom is 0.254 e. The molecule has 2 aromatic heterocycles. The molecule has 1 aliphatic heterocycles. The van der Waals surface area contributed by atoms with Crippen LogP contribution in [0.5, 0.6) is 5.75 Å². The van der Waals surface area contributed by atoms with Crippen LogP contribution >= 0.6 is 0 Å². The fourth-order valence-corrected chi connectivity index (χ4v) is 3.40.